The summed E-state index contributed by atoms with van der Waals surface area (Å²) in [5.41, 5.74) is -0.724. The second-order valence-electron chi connectivity index (χ2n) is 5.30. The molecule has 0 fully saturated rings. The zero-order valence-corrected chi connectivity index (χ0v) is 12.6. The third-order valence-electron chi connectivity index (χ3n) is 3.07. The van der Waals surface area contributed by atoms with E-state index in [4.69, 9.17) is 4.74 Å². The first-order valence-corrected chi connectivity index (χ1v) is 6.61. The summed E-state index contributed by atoms with van der Waals surface area (Å²) in [6, 6.07) is 0. The molecule has 4 nitrogen and oxygen atoms in total. The zero-order valence-electron chi connectivity index (χ0n) is 12.6. The average Bonchev–Trinajstić information content (AvgIpc) is 2.36. The van der Waals surface area contributed by atoms with E-state index in [2.05, 4.69) is 4.74 Å². The molecule has 0 rings (SSSR count). The van der Waals surface area contributed by atoms with Crippen LogP contribution in [0.1, 0.15) is 40.0 Å². The quantitative estimate of drug-likeness (QED) is 0.504. The summed E-state index contributed by atoms with van der Waals surface area (Å²) in [6.45, 7) is 3.67. The minimum atomic E-state index is -5.68. The average molecular weight is 334 g/mol. The van der Waals surface area contributed by atoms with Crippen LogP contribution in [0.25, 0.3) is 0 Å². The number of carbonyl (C=O) groups is 2. The minimum absolute atomic E-state index is 0.323. The van der Waals surface area contributed by atoms with Gasteiger partial charge in [-0.05, 0) is 20.3 Å². The fourth-order valence-electron chi connectivity index (χ4n) is 1.07. The molecule has 0 bridgehead atoms. The SMILES string of the molecule is CCC(C)(C)C(=O)OCCC(=O)OCCC(F)(F)C(F)(F)F. The van der Waals surface area contributed by atoms with Crippen LogP contribution < -0.4 is 0 Å². The molecule has 0 N–H and O–H groups in total. The van der Waals surface area contributed by atoms with E-state index in [0.717, 1.165) is 0 Å². The summed E-state index contributed by atoms with van der Waals surface area (Å²) < 4.78 is 69.6. The van der Waals surface area contributed by atoms with Crippen LogP contribution in [-0.4, -0.2) is 37.3 Å². The van der Waals surface area contributed by atoms with Gasteiger partial charge in [0.1, 0.15) is 6.61 Å². The molecule has 22 heavy (non-hydrogen) atoms. The lowest BCUT2D eigenvalue weighted by molar-refractivity contribution is -0.286. The van der Waals surface area contributed by atoms with Crippen molar-refractivity contribution in [1.29, 1.82) is 0 Å². The molecule has 0 aliphatic rings. The molecule has 0 atom stereocenters. The standard InChI is InChI=1S/C13H19F5O4/c1-4-11(2,3)10(20)22-7-5-9(19)21-8-6-12(14,15)13(16,17)18/h4-8H2,1-3H3. The van der Waals surface area contributed by atoms with Gasteiger partial charge in [-0.1, -0.05) is 6.92 Å². The van der Waals surface area contributed by atoms with Gasteiger partial charge in [0.15, 0.2) is 0 Å². The van der Waals surface area contributed by atoms with Crippen molar-refractivity contribution in [1.82, 2.24) is 0 Å². The van der Waals surface area contributed by atoms with Crippen LogP contribution >= 0.6 is 0 Å². The van der Waals surface area contributed by atoms with Crippen LogP contribution in [0.2, 0.25) is 0 Å². The van der Waals surface area contributed by atoms with E-state index in [0.29, 0.717) is 6.42 Å². The Morgan fingerprint density at radius 3 is 1.95 bits per heavy atom. The predicted octanol–water partition coefficient (Wildman–Crippen LogP) is 3.49. The molecule has 0 aromatic carbocycles. The number of ether oxygens (including phenoxy) is 2. The van der Waals surface area contributed by atoms with Gasteiger partial charge in [-0.3, -0.25) is 9.59 Å². The number of hydrogen-bond donors (Lipinski definition) is 0. The van der Waals surface area contributed by atoms with E-state index < -0.39 is 48.9 Å². The second-order valence-corrected chi connectivity index (χ2v) is 5.30. The third kappa shape index (κ3) is 6.57. The molecule has 0 saturated carbocycles. The van der Waals surface area contributed by atoms with Crippen molar-refractivity contribution in [2.45, 2.75) is 52.1 Å². The van der Waals surface area contributed by atoms with Crippen molar-refractivity contribution < 1.29 is 41.0 Å². The molecule has 0 saturated heterocycles. The van der Waals surface area contributed by atoms with Gasteiger partial charge < -0.3 is 9.47 Å². The summed E-state index contributed by atoms with van der Waals surface area (Å²) >= 11 is 0. The lowest BCUT2D eigenvalue weighted by Gasteiger charge is -2.20. The maximum atomic E-state index is 12.5. The van der Waals surface area contributed by atoms with Crippen molar-refractivity contribution in [2.24, 2.45) is 5.41 Å². The van der Waals surface area contributed by atoms with Crippen molar-refractivity contribution >= 4 is 11.9 Å². The first-order valence-electron chi connectivity index (χ1n) is 6.61. The van der Waals surface area contributed by atoms with Crippen LogP contribution in [0, 0.1) is 5.41 Å². The van der Waals surface area contributed by atoms with E-state index in [-0.39, 0.29) is 6.61 Å². The van der Waals surface area contributed by atoms with Gasteiger partial charge in [0.05, 0.1) is 24.9 Å². The van der Waals surface area contributed by atoms with E-state index in [1.807, 2.05) is 0 Å². The van der Waals surface area contributed by atoms with Crippen LogP contribution in [0.4, 0.5) is 22.0 Å². The highest BCUT2D eigenvalue weighted by atomic mass is 19.4. The van der Waals surface area contributed by atoms with Gasteiger partial charge in [0.25, 0.3) is 0 Å². The number of alkyl halides is 5. The molecule has 130 valence electrons. The Hall–Kier alpha value is -1.41. The topological polar surface area (TPSA) is 52.6 Å². The summed E-state index contributed by atoms with van der Waals surface area (Å²) in [6.07, 6.45) is -7.22. The molecule has 0 unspecified atom stereocenters. The van der Waals surface area contributed by atoms with E-state index >= 15 is 0 Å². The highest BCUT2D eigenvalue weighted by molar-refractivity contribution is 5.76. The van der Waals surface area contributed by atoms with Crippen LogP contribution in [0.5, 0.6) is 0 Å². The molecule has 0 amide bonds. The minimum Gasteiger partial charge on any atom is -0.465 e. The fourth-order valence-corrected chi connectivity index (χ4v) is 1.07. The lowest BCUT2D eigenvalue weighted by Crippen LogP contribution is -2.37. The molecule has 0 aromatic rings. The summed E-state index contributed by atoms with van der Waals surface area (Å²) in [5, 5.41) is 0. The summed E-state index contributed by atoms with van der Waals surface area (Å²) in [5.74, 6) is -6.46. The van der Waals surface area contributed by atoms with Gasteiger partial charge in [0.2, 0.25) is 0 Å². The van der Waals surface area contributed by atoms with Gasteiger partial charge in [0, 0.05) is 0 Å². The maximum Gasteiger partial charge on any atom is 0.453 e. The Kier molecular flexibility index (Phi) is 7.24. The molecule has 0 aliphatic carbocycles. The third-order valence-corrected chi connectivity index (χ3v) is 3.07. The second kappa shape index (κ2) is 7.73. The number of hydrogen-bond acceptors (Lipinski definition) is 4. The van der Waals surface area contributed by atoms with Gasteiger partial charge in [-0.25, -0.2) is 0 Å². The smallest absolute Gasteiger partial charge is 0.453 e. The van der Waals surface area contributed by atoms with Crippen LogP contribution in [0.3, 0.4) is 0 Å². The number of carbonyl (C=O) groups excluding carboxylic acids is 2. The molecule has 0 heterocycles. The normalized spacial score (nSPS) is 12.9. The number of halogens is 5. The van der Waals surface area contributed by atoms with Crippen molar-refractivity contribution in [2.75, 3.05) is 13.2 Å². The van der Waals surface area contributed by atoms with Crippen molar-refractivity contribution in [3.05, 3.63) is 0 Å². The van der Waals surface area contributed by atoms with Crippen molar-refractivity contribution in [3.63, 3.8) is 0 Å². The Balaban J connectivity index is 4.01. The molecule has 9 heteroatoms. The maximum absolute atomic E-state index is 12.5. The summed E-state index contributed by atoms with van der Waals surface area (Å²) in [4.78, 5) is 22.7. The van der Waals surface area contributed by atoms with Gasteiger partial charge in [-0.2, -0.15) is 22.0 Å². The molecule has 0 aliphatic heterocycles. The number of esters is 2. The Bertz CT molecular complexity index is 390. The van der Waals surface area contributed by atoms with Crippen molar-refractivity contribution in [3.8, 4) is 0 Å². The molecular weight excluding hydrogens is 315 g/mol. The van der Waals surface area contributed by atoms with Gasteiger partial charge >= 0.3 is 24.0 Å². The molecular formula is C13H19F5O4. The first-order chi connectivity index (χ1) is 9.83. The van der Waals surface area contributed by atoms with Crippen LogP contribution in [-0.2, 0) is 19.1 Å². The van der Waals surface area contributed by atoms with E-state index in [9.17, 15) is 31.5 Å². The summed E-state index contributed by atoms with van der Waals surface area (Å²) in [7, 11) is 0. The molecule has 0 aromatic heterocycles. The van der Waals surface area contributed by atoms with Crippen LogP contribution in [0.15, 0.2) is 0 Å². The Labute approximate surface area is 124 Å². The predicted molar refractivity (Wildman–Crippen MR) is 66.2 cm³/mol. The van der Waals surface area contributed by atoms with E-state index in [1.165, 1.54) is 0 Å². The largest absolute Gasteiger partial charge is 0.465 e. The Morgan fingerprint density at radius 1 is 0.955 bits per heavy atom. The Morgan fingerprint density at radius 2 is 1.50 bits per heavy atom. The van der Waals surface area contributed by atoms with E-state index in [1.54, 1.807) is 20.8 Å². The zero-order chi connectivity index (χ0) is 17.6. The van der Waals surface area contributed by atoms with Gasteiger partial charge in [-0.15, -0.1) is 0 Å². The first kappa shape index (κ1) is 20.6. The molecule has 0 spiro atoms. The monoisotopic (exact) mass is 334 g/mol. The molecule has 0 radical (unpaired) electrons. The highest BCUT2D eigenvalue weighted by Gasteiger charge is 2.56. The fraction of sp³-hybridized carbons (Fsp3) is 0.846. The number of rotatable bonds is 8. The highest BCUT2D eigenvalue weighted by Crippen LogP contribution is 2.37. The lowest BCUT2D eigenvalue weighted by atomic mass is 9.91.